The van der Waals surface area contributed by atoms with Crippen LogP contribution in [0.5, 0.6) is 11.5 Å². The predicted molar refractivity (Wildman–Crippen MR) is 132 cm³/mol. The minimum Gasteiger partial charge on any atom is -0.493 e. The van der Waals surface area contributed by atoms with Crippen molar-refractivity contribution in [3.05, 3.63) is 47.3 Å². The number of aryl methyl sites for hydroxylation is 1. The van der Waals surface area contributed by atoms with Gasteiger partial charge in [0.2, 0.25) is 0 Å². The number of nitrogens with zero attached hydrogens (tertiary/aromatic N) is 2. The van der Waals surface area contributed by atoms with Crippen molar-refractivity contribution < 1.29 is 27.4 Å². The van der Waals surface area contributed by atoms with Crippen LogP contribution in [-0.2, 0) is 10.9 Å². The molecule has 2 aromatic carbocycles. The number of anilines is 2. The van der Waals surface area contributed by atoms with Gasteiger partial charge in [-0.05, 0) is 63.4 Å². The molecule has 3 N–H and O–H groups in total. The third-order valence-corrected chi connectivity index (χ3v) is 6.74. The molecule has 3 aromatic rings. The van der Waals surface area contributed by atoms with Crippen molar-refractivity contribution in [3.63, 3.8) is 0 Å². The minimum atomic E-state index is -4.50. The Morgan fingerprint density at radius 2 is 1.78 bits per heavy atom. The number of nitrogen functional groups attached to an aromatic ring is 1. The largest absolute Gasteiger partial charge is 0.493 e. The quantitative estimate of drug-likeness (QED) is 0.350. The molecule has 0 spiro atoms. The summed E-state index contributed by atoms with van der Waals surface area (Å²) < 4.78 is 57.3. The zero-order valence-electron chi connectivity index (χ0n) is 21.0. The zero-order valence-corrected chi connectivity index (χ0v) is 21.0. The van der Waals surface area contributed by atoms with Crippen LogP contribution < -0.4 is 20.5 Å². The zero-order chi connectivity index (χ0) is 26.3. The Balaban J connectivity index is 1.70. The molecule has 1 fully saturated rings. The van der Waals surface area contributed by atoms with E-state index >= 15 is 0 Å². The maximum absolute atomic E-state index is 13.3. The number of halogens is 3. The molecule has 1 aromatic heterocycles. The molecule has 1 heterocycles. The Morgan fingerprint density at radius 3 is 2.39 bits per heavy atom. The summed E-state index contributed by atoms with van der Waals surface area (Å²) in [6.45, 7) is 6.12. The molecular weight excluding hydrogens is 473 g/mol. The molecule has 4 rings (SSSR count). The van der Waals surface area contributed by atoms with Crippen molar-refractivity contribution in [1.29, 1.82) is 0 Å². The second-order valence-corrected chi connectivity index (χ2v) is 9.45. The van der Waals surface area contributed by atoms with E-state index in [2.05, 4.69) is 15.3 Å². The smallest absolute Gasteiger partial charge is 0.416 e. The Kier molecular flexibility index (Phi) is 6.92. The summed E-state index contributed by atoms with van der Waals surface area (Å²) in [4.78, 5) is 9.06. The maximum atomic E-state index is 13.3. The predicted octanol–water partition coefficient (Wildman–Crippen LogP) is 5.91. The highest BCUT2D eigenvalue weighted by Gasteiger charge is 2.49. The van der Waals surface area contributed by atoms with Crippen molar-refractivity contribution in [2.24, 2.45) is 5.41 Å². The number of rotatable bonds is 9. The van der Waals surface area contributed by atoms with Crippen LogP contribution in [0, 0.1) is 12.3 Å². The number of hydrogen-bond acceptors (Lipinski definition) is 7. The second kappa shape index (κ2) is 9.65. The molecular formula is C26H31F3N4O3. The van der Waals surface area contributed by atoms with E-state index in [9.17, 15) is 13.2 Å². The molecule has 194 valence electrons. The minimum absolute atomic E-state index is 0.0302. The van der Waals surface area contributed by atoms with Crippen molar-refractivity contribution in [1.82, 2.24) is 9.97 Å². The van der Waals surface area contributed by atoms with Gasteiger partial charge in [-0.1, -0.05) is 0 Å². The summed E-state index contributed by atoms with van der Waals surface area (Å²) in [6.07, 6.45) is -2.57. The number of fused-ring (bicyclic) bond motifs is 1. The van der Waals surface area contributed by atoms with E-state index in [1.54, 1.807) is 34.1 Å². The van der Waals surface area contributed by atoms with Gasteiger partial charge in [0.05, 0.1) is 30.8 Å². The first-order valence-corrected chi connectivity index (χ1v) is 11.7. The summed E-state index contributed by atoms with van der Waals surface area (Å²) in [5, 5.41) is 3.90. The SMILES string of the molecule is COCC1(C(C)Oc2cc3c(N[C@H](C)c4cc(N)cc(C(F)(F)F)c4)nc(C)nc3cc2OC)CC1. The van der Waals surface area contributed by atoms with Crippen LogP contribution in [0.3, 0.4) is 0 Å². The Morgan fingerprint density at radius 1 is 1.06 bits per heavy atom. The molecule has 0 amide bonds. The van der Waals surface area contributed by atoms with E-state index in [1.807, 2.05) is 13.0 Å². The number of aromatic nitrogens is 2. The summed E-state index contributed by atoms with van der Waals surface area (Å²) >= 11 is 0. The van der Waals surface area contributed by atoms with Gasteiger partial charge in [-0.3, -0.25) is 0 Å². The summed E-state index contributed by atoms with van der Waals surface area (Å²) in [6, 6.07) is 6.60. The Bertz CT molecular complexity index is 1260. The van der Waals surface area contributed by atoms with Gasteiger partial charge in [-0.15, -0.1) is 0 Å². The fourth-order valence-electron chi connectivity index (χ4n) is 4.42. The second-order valence-electron chi connectivity index (χ2n) is 9.45. The molecule has 1 unspecified atom stereocenters. The third kappa shape index (κ3) is 5.28. The summed E-state index contributed by atoms with van der Waals surface area (Å²) in [5.41, 5.74) is 5.99. The van der Waals surface area contributed by atoms with Crippen molar-refractivity contribution >= 4 is 22.4 Å². The molecule has 10 heteroatoms. The normalized spacial score (nSPS) is 16.4. The fraction of sp³-hybridized carbons (Fsp3) is 0.462. The van der Waals surface area contributed by atoms with Crippen LogP contribution in [0.25, 0.3) is 10.9 Å². The molecule has 1 aliphatic carbocycles. The number of nitrogens with two attached hydrogens (primary N) is 1. The van der Waals surface area contributed by atoms with Gasteiger partial charge >= 0.3 is 6.18 Å². The fourth-order valence-corrected chi connectivity index (χ4v) is 4.42. The van der Waals surface area contributed by atoms with Gasteiger partial charge in [-0.2, -0.15) is 13.2 Å². The topological polar surface area (TPSA) is 91.5 Å². The van der Waals surface area contributed by atoms with E-state index in [1.165, 1.54) is 6.07 Å². The number of methoxy groups -OCH3 is 2. The summed E-state index contributed by atoms with van der Waals surface area (Å²) in [5.74, 6) is 2.04. The van der Waals surface area contributed by atoms with Gasteiger partial charge in [0.1, 0.15) is 17.7 Å². The van der Waals surface area contributed by atoms with E-state index in [-0.39, 0.29) is 17.2 Å². The molecule has 0 saturated heterocycles. The van der Waals surface area contributed by atoms with E-state index < -0.39 is 17.8 Å². The number of alkyl halides is 3. The highest BCUT2D eigenvalue weighted by molar-refractivity contribution is 5.92. The maximum Gasteiger partial charge on any atom is 0.416 e. The first-order valence-electron chi connectivity index (χ1n) is 11.7. The molecule has 36 heavy (non-hydrogen) atoms. The van der Waals surface area contributed by atoms with Crippen molar-refractivity contribution in [2.45, 2.75) is 51.9 Å². The lowest BCUT2D eigenvalue weighted by molar-refractivity contribution is -0.137. The standard InChI is InChI=1S/C26H31F3N4O3/c1-14(17-8-18(26(27,28)29)10-19(30)9-17)31-24-20-11-23(36-15(2)25(6-7-25)13-34-4)22(35-5)12-21(20)32-16(3)33-24/h8-12,14-15H,6-7,13,30H2,1-5H3,(H,31,32,33)/t14-,15?/m1/s1. The molecule has 0 radical (unpaired) electrons. The van der Waals surface area contributed by atoms with Crippen LogP contribution in [-0.4, -0.2) is 36.9 Å². The van der Waals surface area contributed by atoms with Gasteiger partial charge < -0.3 is 25.3 Å². The Hall–Kier alpha value is -3.27. The molecule has 7 nitrogen and oxygen atoms in total. The highest BCUT2D eigenvalue weighted by atomic mass is 19.4. The highest BCUT2D eigenvalue weighted by Crippen LogP contribution is 2.51. The molecule has 1 aliphatic rings. The number of ether oxygens (including phenoxy) is 3. The Labute approximate surface area is 208 Å². The van der Waals surface area contributed by atoms with Crippen LogP contribution >= 0.6 is 0 Å². The first-order chi connectivity index (χ1) is 17.0. The lowest BCUT2D eigenvalue weighted by Gasteiger charge is -2.25. The molecule has 2 atom stereocenters. The van der Waals surface area contributed by atoms with E-state index in [0.29, 0.717) is 46.2 Å². The first kappa shape index (κ1) is 25.8. The van der Waals surface area contributed by atoms with Crippen molar-refractivity contribution in [3.8, 4) is 11.5 Å². The summed E-state index contributed by atoms with van der Waals surface area (Å²) in [7, 11) is 3.24. The molecule has 0 aliphatic heterocycles. The van der Waals surface area contributed by atoms with Crippen LogP contribution in [0.2, 0.25) is 0 Å². The number of benzene rings is 2. The lowest BCUT2D eigenvalue weighted by atomic mass is 10.0. The van der Waals surface area contributed by atoms with E-state index in [4.69, 9.17) is 19.9 Å². The van der Waals surface area contributed by atoms with E-state index in [0.717, 1.165) is 25.0 Å². The van der Waals surface area contributed by atoms with Gasteiger partial charge in [-0.25, -0.2) is 9.97 Å². The van der Waals surface area contributed by atoms with Crippen molar-refractivity contribution in [2.75, 3.05) is 31.9 Å². The average Bonchev–Trinajstić information content (AvgIpc) is 3.59. The molecule has 1 saturated carbocycles. The average molecular weight is 505 g/mol. The lowest BCUT2D eigenvalue weighted by Crippen LogP contribution is -2.29. The van der Waals surface area contributed by atoms with Crippen LogP contribution in [0.1, 0.15) is 49.7 Å². The number of hydrogen-bond donors (Lipinski definition) is 2. The monoisotopic (exact) mass is 504 g/mol. The number of nitrogens with one attached hydrogen (secondary N) is 1. The van der Waals surface area contributed by atoms with Gasteiger partial charge in [0.25, 0.3) is 0 Å². The van der Waals surface area contributed by atoms with Gasteiger partial charge in [0.15, 0.2) is 11.5 Å². The van der Waals surface area contributed by atoms with Gasteiger partial charge in [0, 0.05) is 29.7 Å². The third-order valence-electron chi connectivity index (χ3n) is 6.74. The van der Waals surface area contributed by atoms with Crippen LogP contribution in [0.15, 0.2) is 30.3 Å². The molecule has 0 bridgehead atoms. The van der Waals surface area contributed by atoms with Crippen LogP contribution in [0.4, 0.5) is 24.7 Å².